The lowest BCUT2D eigenvalue weighted by Crippen LogP contribution is -2.52. The number of carbonyl (C=O) groups is 1. The Morgan fingerprint density at radius 2 is 2.04 bits per heavy atom. The van der Waals surface area contributed by atoms with E-state index in [9.17, 15) is 9.59 Å². The smallest absolute Gasteiger partial charge is 0.410 e. The second kappa shape index (κ2) is 7.26. The fraction of sp³-hybridized carbons (Fsp3) is 0.700. The first-order valence-electron chi connectivity index (χ1n) is 9.52. The largest absolute Gasteiger partial charge is 0.444 e. The van der Waals surface area contributed by atoms with Gasteiger partial charge in [0.05, 0.1) is 0 Å². The van der Waals surface area contributed by atoms with Gasteiger partial charge in [0.15, 0.2) is 0 Å². The molecular formula is C20H29ClN2O3. The van der Waals surface area contributed by atoms with Crippen LogP contribution in [0.15, 0.2) is 23.1 Å². The van der Waals surface area contributed by atoms with Crippen LogP contribution in [0.4, 0.5) is 4.79 Å². The standard InChI is InChI=1S/C20H29ClN2O3/c1-19(2,3)26-18(25)23-10-6-15(20(14-23)8-4-5-9-20)13-22-11-7-16(21)12-17(22)24/h7,11-12,15H,4-6,8-10,13-14H2,1-3H3/t15-/m0/s1. The van der Waals surface area contributed by atoms with E-state index in [1.54, 1.807) is 16.8 Å². The van der Waals surface area contributed by atoms with E-state index in [2.05, 4.69) is 0 Å². The van der Waals surface area contributed by atoms with Gasteiger partial charge in [-0.15, -0.1) is 0 Å². The number of rotatable bonds is 2. The molecule has 1 aliphatic heterocycles. The van der Waals surface area contributed by atoms with Crippen LogP contribution >= 0.6 is 11.6 Å². The molecule has 0 aromatic carbocycles. The van der Waals surface area contributed by atoms with Crippen LogP contribution in [-0.4, -0.2) is 34.3 Å². The summed E-state index contributed by atoms with van der Waals surface area (Å²) in [5, 5.41) is 0.474. The summed E-state index contributed by atoms with van der Waals surface area (Å²) in [6.07, 6.45) is 7.06. The summed E-state index contributed by atoms with van der Waals surface area (Å²) in [5.41, 5.74) is -0.443. The maximum Gasteiger partial charge on any atom is 0.410 e. The third-order valence-corrected chi connectivity index (χ3v) is 5.98. The summed E-state index contributed by atoms with van der Waals surface area (Å²) < 4.78 is 7.35. The number of pyridine rings is 1. The number of ether oxygens (including phenoxy) is 1. The van der Waals surface area contributed by atoms with Gasteiger partial charge in [0, 0.05) is 36.9 Å². The highest BCUT2D eigenvalue weighted by Crippen LogP contribution is 2.49. The van der Waals surface area contributed by atoms with E-state index >= 15 is 0 Å². The fourth-order valence-corrected chi connectivity index (χ4v) is 4.64. The molecular weight excluding hydrogens is 352 g/mol. The quantitative estimate of drug-likeness (QED) is 0.767. The van der Waals surface area contributed by atoms with Crippen LogP contribution in [0.5, 0.6) is 0 Å². The summed E-state index contributed by atoms with van der Waals surface area (Å²) >= 11 is 5.92. The van der Waals surface area contributed by atoms with Crippen molar-refractivity contribution in [2.75, 3.05) is 13.1 Å². The van der Waals surface area contributed by atoms with Crippen LogP contribution < -0.4 is 5.56 Å². The van der Waals surface area contributed by atoms with E-state index in [4.69, 9.17) is 16.3 Å². The number of aromatic nitrogens is 1. The molecule has 2 heterocycles. The predicted octanol–water partition coefficient (Wildman–Crippen LogP) is 4.32. The number of hydrogen-bond donors (Lipinski definition) is 0. The molecule has 2 aliphatic rings. The summed E-state index contributed by atoms with van der Waals surface area (Å²) in [5.74, 6) is 0.391. The van der Waals surface area contributed by atoms with E-state index < -0.39 is 5.60 Å². The van der Waals surface area contributed by atoms with Gasteiger partial charge >= 0.3 is 6.09 Å². The minimum atomic E-state index is -0.479. The Morgan fingerprint density at radius 1 is 1.35 bits per heavy atom. The van der Waals surface area contributed by atoms with Crippen LogP contribution in [0.25, 0.3) is 0 Å². The Labute approximate surface area is 160 Å². The van der Waals surface area contributed by atoms with E-state index in [1.165, 1.54) is 18.9 Å². The first-order chi connectivity index (χ1) is 12.2. The molecule has 0 radical (unpaired) electrons. The normalized spacial score (nSPS) is 22.6. The van der Waals surface area contributed by atoms with Crippen molar-refractivity contribution in [2.24, 2.45) is 11.3 Å². The van der Waals surface area contributed by atoms with Crippen LogP contribution in [0, 0.1) is 11.3 Å². The Balaban J connectivity index is 1.76. The molecule has 6 heteroatoms. The van der Waals surface area contributed by atoms with Crippen molar-refractivity contribution in [1.29, 1.82) is 0 Å². The van der Waals surface area contributed by atoms with E-state index in [0.29, 0.717) is 24.0 Å². The molecule has 1 amide bonds. The van der Waals surface area contributed by atoms with Gasteiger partial charge in [0.2, 0.25) is 0 Å². The number of likely N-dealkylation sites (tertiary alicyclic amines) is 1. The average Bonchev–Trinajstić information content (AvgIpc) is 2.99. The van der Waals surface area contributed by atoms with Gasteiger partial charge in [-0.2, -0.15) is 0 Å². The Bertz CT molecular complexity index is 717. The molecule has 2 fully saturated rings. The summed E-state index contributed by atoms with van der Waals surface area (Å²) in [6.45, 7) is 7.80. The topological polar surface area (TPSA) is 51.5 Å². The Kier molecular flexibility index (Phi) is 5.38. The number of piperidine rings is 1. The summed E-state index contributed by atoms with van der Waals surface area (Å²) in [7, 11) is 0. The maximum atomic E-state index is 12.5. The molecule has 1 spiro atoms. The van der Waals surface area contributed by atoms with Gasteiger partial charge in [-0.25, -0.2) is 4.79 Å². The molecule has 5 nitrogen and oxygen atoms in total. The molecule has 1 aromatic heterocycles. The molecule has 1 aromatic rings. The number of halogens is 1. The number of nitrogens with zero attached hydrogens (tertiary/aromatic N) is 2. The van der Waals surface area contributed by atoms with Gasteiger partial charge in [-0.05, 0) is 57.4 Å². The highest BCUT2D eigenvalue weighted by molar-refractivity contribution is 6.30. The van der Waals surface area contributed by atoms with Crippen molar-refractivity contribution in [3.63, 3.8) is 0 Å². The SMILES string of the molecule is CC(C)(C)OC(=O)N1CC[C@@H](Cn2ccc(Cl)cc2=O)C2(CCCC2)C1. The molecule has 0 N–H and O–H groups in total. The van der Waals surface area contributed by atoms with Crippen molar-refractivity contribution in [3.8, 4) is 0 Å². The van der Waals surface area contributed by atoms with Crippen LogP contribution in [-0.2, 0) is 11.3 Å². The second-order valence-electron chi connectivity index (χ2n) is 8.79. The molecule has 0 unspecified atom stereocenters. The first-order valence-corrected chi connectivity index (χ1v) is 9.90. The monoisotopic (exact) mass is 380 g/mol. The fourth-order valence-electron chi connectivity index (χ4n) is 4.49. The molecule has 3 rings (SSSR count). The number of carbonyl (C=O) groups excluding carboxylic acids is 1. The second-order valence-corrected chi connectivity index (χ2v) is 9.23. The van der Waals surface area contributed by atoms with Crippen molar-refractivity contribution in [2.45, 2.75) is 65.0 Å². The van der Waals surface area contributed by atoms with E-state index in [-0.39, 0.29) is 17.1 Å². The van der Waals surface area contributed by atoms with Crippen molar-refractivity contribution >= 4 is 17.7 Å². The van der Waals surface area contributed by atoms with E-state index in [1.807, 2.05) is 25.7 Å². The van der Waals surface area contributed by atoms with Gasteiger partial charge < -0.3 is 14.2 Å². The van der Waals surface area contributed by atoms with Crippen LogP contribution in [0.2, 0.25) is 5.02 Å². The minimum absolute atomic E-state index is 0.0554. The van der Waals surface area contributed by atoms with Crippen LogP contribution in [0.1, 0.15) is 52.9 Å². The molecule has 1 saturated heterocycles. The molecule has 26 heavy (non-hydrogen) atoms. The van der Waals surface area contributed by atoms with Crippen molar-refractivity contribution in [3.05, 3.63) is 33.7 Å². The zero-order valence-corrected chi connectivity index (χ0v) is 16.7. The van der Waals surface area contributed by atoms with E-state index in [0.717, 1.165) is 25.8 Å². The number of hydrogen-bond acceptors (Lipinski definition) is 3. The lowest BCUT2D eigenvalue weighted by molar-refractivity contribution is -0.0156. The average molecular weight is 381 g/mol. The van der Waals surface area contributed by atoms with Crippen LogP contribution in [0.3, 0.4) is 0 Å². The van der Waals surface area contributed by atoms with Gasteiger partial charge in [-0.1, -0.05) is 24.4 Å². The number of amides is 1. The summed E-state index contributed by atoms with van der Waals surface area (Å²) in [4.78, 5) is 26.7. The zero-order valence-electron chi connectivity index (χ0n) is 16.0. The molecule has 1 saturated carbocycles. The summed E-state index contributed by atoms with van der Waals surface area (Å²) in [6, 6.07) is 3.23. The first kappa shape index (κ1) is 19.3. The minimum Gasteiger partial charge on any atom is -0.444 e. The predicted molar refractivity (Wildman–Crippen MR) is 103 cm³/mol. The molecule has 1 aliphatic carbocycles. The maximum absolute atomic E-state index is 12.5. The van der Waals surface area contributed by atoms with Gasteiger partial charge in [0.25, 0.3) is 5.56 Å². The highest BCUT2D eigenvalue weighted by atomic mass is 35.5. The lowest BCUT2D eigenvalue weighted by Gasteiger charge is -2.46. The Hall–Kier alpha value is -1.49. The Morgan fingerprint density at radius 3 is 2.65 bits per heavy atom. The molecule has 144 valence electrons. The third kappa shape index (κ3) is 4.25. The third-order valence-electron chi connectivity index (χ3n) is 5.75. The van der Waals surface area contributed by atoms with Gasteiger partial charge in [0.1, 0.15) is 5.60 Å². The van der Waals surface area contributed by atoms with Crippen molar-refractivity contribution in [1.82, 2.24) is 9.47 Å². The highest BCUT2D eigenvalue weighted by Gasteiger charge is 2.46. The van der Waals surface area contributed by atoms with Crippen molar-refractivity contribution < 1.29 is 9.53 Å². The molecule has 1 atom stereocenters. The molecule has 0 bridgehead atoms. The zero-order chi connectivity index (χ0) is 18.9. The lowest BCUT2D eigenvalue weighted by atomic mass is 9.69. The van der Waals surface area contributed by atoms with Gasteiger partial charge in [-0.3, -0.25) is 4.79 Å².